The largest absolute Gasteiger partial charge is 0.481 e. The summed E-state index contributed by atoms with van der Waals surface area (Å²) in [6.07, 6.45) is -0.179. The van der Waals surface area contributed by atoms with Crippen molar-refractivity contribution in [3.8, 4) is 5.75 Å². The number of nitrogens with zero attached hydrogens (tertiary/aromatic N) is 1. The highest BCUT2D eigenvalue weighted by atomic mass is 16.5. The highest BCUT2D eigenvalue weighted by Crippen LogP contribution is 2.33. The highest BCUT2D eigenvalue weighted by Gasteiger charge is 2.19. The molecule has 1 aliphatic heterocycles. The van der Waals surface area contributed by atoms with Crippen molar-refractivity contribution in [2.45, 2.75) is 25.6 Å². The fourth-order valence-electron chi connectivity index (χ4n) is 3.28. The molecular weight excluding hydrogens is 334 g/mol. The maximum Gasteiger partial charge on any atom is 0.153 e. The van der Waals surface area contributed by atoms with Crippen LogP contribution >= 0.6 is 0 Å². The highest BCUT2D eigenvalue weighted by molar-refractivity contribution is 5.89. The van der Waals surface area contributed by atoms with E-state index in [1.165, 1.54) is 11.1 Å². The molecule has 4 heteroatoms. The number of benzene rings is 3. The molecule has 0 amide bonds. The van der Waals surface area contributed by atoms with Crippen molar-refractivity contribution in [1.29, 1.82) is 0 Å². The molecular formula is C23H23N3O. The van der Waals surface area contributed by atoms with Crippen LogP contribution in [0.2, 0.25) is 0 Å². The van der Waals surface area contributed by atoms with Crippen LogP contribution in [0.5, 0.6) is 5.75 Å². The van der Waals surface area contributed by atoms with E-state index in [4.69, 9.17) is 10.5 Å². The Hall–Kier alpha value is -3.11. The molecule has 1 unspecified atom stereocenters. The van der Waals surface area contributed by atoms with Gasteiger partial charge in [0.05, 0.1) is 6.04 Å². The van der Waals surface area contributed by atoms with Gasteiger partial charge in [-0.2, -0.15) is 0 Å². The minimum Gasteiger partial charge on any atom is -0.481 e. The average molecular weight is 357 g/mol. The van der Waals surface area contributed by atoms with E-state index in [0.717, 1.165) is 17.0 Å². The summed E-state index contributed by atoms with van der Waals surface area (Å²) in [6, 6.07) is 27.2. The van der Waals surface area contributed by atoms with Crippen molar-refractivity contribution in [2.24, 2.45) is 10.7 Å². The lowest BCUT2D eigenvalue weighted by molar-refractivity contribution is 0.281. The zero-order chi connectivity index (χ0) is 18.6. The Morgan fingerprint density at radius 3 is 2.22 bits per heavy atom. The molecule has 0 bridgehead atoms. The molecule has 0 spiro atoms. The van der Waals surface area contributed by atoms with Crippen LogP contribution in [-0.2, 0) is 6.54 Å². The zero-order valence-corrected chi connectivity index (χ0v) is 15.3. The maximum absolute atomic E-state index is 5.93. The van der Waals surface area contributed by atoms with E-state index in [1.807, 2.05) is 31.2 Å². The van der Waals surface area contributed by atoms with Crippen molar-refractivity contribution < 1.29 is 4.74 Å². The van der Waals surface area contributed by atoms with E-state index in [2.05, 4.69) is 64.9 Å². The van der Waals surface area contributed by atoms with Crippen molar-refractivity contribution in [3.63, 3.8) is 0 Å². The molecule has 0 aromatic heterocycles. The van der Waals surface area contributed by atoms with Crippen molar-refractivity contribution in [3.05, 3.63) is 95.6 Å². The number of hydrogen-bond donors (Lipinski definition) is 2. The van der Waals surface area contributed by atoms with E-state index < -0.39 is 0 Å². The standard InChI is InChI=1S/C23H23N3O/c1-16-23(24)26-20-14-17(12-13-21(20)27-16)15-25-22(18-8-4-2-5-9-18)19-10-6-3-7-11-19/h2-14,16,22,25H,15H2,1H3,(H2,24,26). The lowest BCUT2D eigenvalue weighted by atomic mass is 9.98. The summed E-state index contributed by atoms with van der Waals surface area (Å²) in [6.45, 7) is 2.62. The number of nitrogens with two attached hydrogens (primary N) is 1. The lowest BCUT2D eigenvalue weighted by Crippen LogP contribution is -2.33. The van der Waals surface area contributed by atoms with Crippen molar-refractivity contribution in [1.82, 2.24) is 5.32 Å². The summed E-state index contributed by atoms with van der Waals surface area (Å²) < 4.78 is 5.79. The summed E-state index contributed by atoms with van der Waals surface area (Å²) in [7, 11) is 0. The van der Waals surface area contributed by atoms with Gasteiger partial charge in [0.15, 0.2) is 6.10 Å². The number of ether oxygens (including phenoxy) is 1. The van der Waals surface area contributed by atoms with Gasteiger partial charge in [-0.15, -0.1) is 0 Å². The Morgan fingerprint density at radius 2 is 1.59 bits per heavy atom. The maximum atomic E-state index is 5.93. The summed E-state index contributed by atoms with van der Waals surface area (Å²) in [5.74, 6) is 1.29. The number of amidine groups is 1. The van der Waals surface area contributed by atoms with Crippen LogP contribution < -0.4 is 15.8 Å². The van der Waals surface area contributed by atoms with Gasteiger partial charge in [0, 0.05) is 6.54 Å². The fraction of sp³-hybridized carbons (Fsp3) is 0.174. The van der Waals surface area contributed by atoms with Crippen molar-refractivity contribution >= 4 is 11.5 Å². The van der Waals surface area contributed by atoms with E-state index in [-0.39, 0.29) is 12.1 Å². The molecule has 4 nitrogen and oxygen atoms in total. The van der Waals surface area contributed by atoms with Gasteiger partial charge >= 0.3 is 0 Å². The second-order valence-electron chi connectivity index (χ2n) is 6.73. The SMILES string of the molecule is CC1Oc2ccc(CNC(c3ccccc3)c3ccccc3)cc2N=C1N. The Balaban J connectivity index is 1.57. The monoisotopic (exact) mass is 357 g/mol. The van der Waals surface area contributed by atoms with Gasteiger partial charge in [-0.1, -0.05) is 66.7 Å². The van der Waals surface area contributed by atoms with E-state index in [1.54, 1.807) is 0 Å². The van der Waals surface area contributed by atoms with E-state index in [9.17, 15) is 0 Å². The first-order chi connectivity index (χ1) is 13.2. The lowest BCUT2D eigenvalue weighted by Gasteiger charge is -2.22. The predicted molar refractivity (Wildman–Crippen MR) is 109 cm³/mol. The van der Waals surface area contributed by atoms with Crippen LogP contribution in [0.1, 0.15) is 29.7 Å². The van der Waals surface area contributed by atoms with E-state index >= 15 is 0 Å². The third-order valence-electron chi connectivity index (χ3n) is 4.77. The molecule has 0 saturated carbocycles. The Labute approximate surface area is 159 Å². The number of hydrogen-bond acceptors (Lipinski definition) is 4. The molecule has 4 rings (SSSR count). The zero-order valence-electron chi connectivity index (χ0n) is 15.3. The summed E-state index contributed by atoms with van der Waals surface area (Å²) in [5.41, 5.74) is 10.3. The van der Waals surface area contributed by atoms with Crippen LogP contribution in [-0.4, -0.2) is 11.9 Å². The molecule has 3 aromatic carbocycles. The van der Waals surface area contributed by atoms with Crippen LogP contribution in [0, 0.1) is 0 Å². The van der Waals surface area contributed by atoms with Gasteiger partial charge in [0.2, 0.25) is 0 Å². The Kier molecular flexibility index (Phi) is 4.90. The molecule has 3 aromatic rings. The summed E-state index contributed by atoms with van der Waals surface area (Å²) in [4.78, 5) is 4.47. The fourth-order valence-corrected chi connectivity index (χ4v) is 3.28. The van der Waals surface area contributed by atoms with Gasteiger partial charge in [-0.3, -0.25) is 0 Å². The van der Waals surface area contributed by atoms with Gasteiger partial charge in [-0.05, 0) is 35.7 Å². The van der Waals surface area contributed by atoms with Gasteiger partial charge in [0.1, 0.15) is 17.3 Å². The topological polar surface area (TPSA) is 59.6 Å². The summed E-state index contributed by atoms with van der Waals surface area (Å²) in [5, 5.41) is 3.67. The minimum atomic E-state index is -0.179. The first-order valence-electron chi connectivity index (χ1n) is 9.17. The van der Waals surface area contributed by atoms with Gasteiger partial charge in [0.25, 0.3) is 0 Å². The smallest absolute Gasteiger partial charge is 0.153 e. The molecule has 0 aliphatic carbocycles. The second-order valence-corrected chi connectivity index (χ2v) is 6.73. The number of fused-ring (bicyclic) bond motifs is 1. The molecule has 3 N–H and O–H groups in total. The number of aliphatic imine (C=N–C) groups is 1. The Bertz CT molecular complexity index is 899. The third kappa shape index (κ3) is 3.86. The molecule has 1 aliphatic rings. The van der Waals surface area contributed by atoms with Crippen molar-refractivity contribution in [2.75, 3.05) is 0 Å². The molecule has 0 radical (unpaired) electrons. The first-order valence-corrected chi connectivity index (χ1v) is 9.17. The normalized spacial score (nSPS) is 15.8. The number of nitrogens with one attached hydrogen (secondary N) is 1. The molecule has 1 atom stereocenters. The molecule has 27 heavy (non-hydrogen) atoms. The quantitative estimate of drug-likeness (QED) is 0.714. The molecule has 0 saturated heterocycles. The predicted octanol–water partition coefficient (Wildman–Crippen LogP) is 4.34. The number of rotatable bonds is 5. The van der Waals surface area contributed by atoms with Crippen LogP contribution in [0.3, 0.4) is 0 Å². The second kappa shape index (κ2) is 7.64. The van der Waals surface area contributed by atoms with Gasteiger partial charge < -0.3 is 15.8 Å². The van der Waals surface area contributed by atoms with Crippen LogP contribution in [0.25, 0.3) is 0 Å². The van der Waals surface area contributed by atoms with E-state index in [0.29, 0.717) is 12.4 Å². The molecule has 136 valence electrons. The first kappa shape index (κ1) is 17.3. The molecule has 1 heterocycles. The molecule has 0 fully saturated rings. The Morgan fingerprint density at radius 1 is 0.963 bits per heavy atom. The summed E-state index contributed by atoms with van der Waals surface area (Å²) >= 11 is 0. The van der Waals surface area contributed by atoms with Crippen LogP contribution in [0.15, 0.2) is 83.9 Å². The third-order valence-corrected chi connectivity index (χ3v) is 4.77. The average Bonchev–Trinajstić information content (AvgIpc) is 2.71. The minimum absolute atomic E-state index is 0.119. The van der Waals surface area contributed by atoms with Crippen LogP contribution in [0.4, 0.5) is 5.69 Å². The van der Waals surface area contributed by atoms with Gasteiger partial charge in [-0.25, -0.2) is 4.99 Å².